The number of carbonyl (C=O) groups excluding carboxylic acids is 1. The maximum atomic E-state index is 11.4. The molecule has 0 aromatic rings. The summed E-state index contributed by atoms with van der Waals surface area (Å²) < 4.78 is 17.3. The van der Waals surface area contributed by atoms with Crippen LogP contribution >= 0.6 is 0 Å². The van der Waals surface area contributed by atoms with Crippen molar-refractivity contribution in [2.45, 2.75) is 83.7 Å². The summed E-state index contributed by atoms with van der Waals surface area (Å²) in [4.78, 5) is 11.4. The molecule has 1 aliphatic heterocycles. The molecule has 1 heterocycles. The minimum absolute atomic E-state index is 0.0996. The minimum atomic E-state index is -1.80. The summed E-state index contributed by atoms with van der Waals surface area (Å²) in [5.74, 6) is 0.103. The first-order chi connectivity index (χ1) is 10.1. The predicted molar refractivity (Wildman–Crippen MR) is 91.5 cm³/mol. The number of carbonyl (C=O) groups is 1. The molecule has 1 aliphatic rings. The Morgan fingerprint density at radius 3 is 2.55 bits per heavy atom. The van der Waals surface area contributed by atoms with Gasteiger partial charge in [-0.3, -0.25) is 4.79 Å². The fourth-order valence-corrected chi connectivity index (χ4v) is 3.95. The second-order valence-corrected chi connectivity index (χ2v) is 12.8. The molecule has 0 unspecified atom stereocenters. The molecule has 0 aromatic carbocycles. The Labute approximate surface area is 137 Å². The van der Waals surface area contributed by atoms with E-state index in [0.29, 0.717) is 6.42 Å². The van der Waals surface area contributed by atoms with E-state index in [-0.39, 0.29) is 29.1 Å². The second kappa shape index (κ2) is 7.93. The highest BCUT2D eigenvalue weighted by Crippen LogP contribution is 2.39. The first-order valence-corrected chi connectivity index (χ1v) is 11.3. The Morgan fingerprint density at radius 1 is 1.36 bits per heavy atom. The average Bonchev–Trinajstić information content (AvgIpc) is 2.39. The number of methoxy groups -OCH3 is 1. The highest BCUT2D eigenvalue weighted by atomic mass is 28.4. The third-order valence-electron chi connectivity index (χ3n) is 5.01. The summed E-state index contributed by atoms with van der Waals surface area (Å²) in [7, 11) is -0.356. The van der Waals surface area contributed by atoms with Crippen molar-refractivity contribution >= 4 is 14.3 Å². The van der Waals surface area contributed by atoms with E-state index in [1.165, 1.54) is 7.11 Å². The lowest BCUT2D eigenvalue weighted by molar-refractivity contribution is -0.142. The van der Waals surface area contributed by atoms with Crippen molar-refractivity contribution in [3.63, 3.8) is 0 Å². The normalized spacial score (nSPS) is 24.9. The third-order valence-corrected chi connectivity index (χ3v) is 9.51. The number of hydrogen-bond donors (Lipinski definition) is 0. The van der Waals surface area contributed by atoms with E-state index < -0.39 is 8.32 Å². The third kappa shape index (κ3) is 5.67. The van der Waals surface area contributed by atoms with E-state index in [4.69, 9.17) is 13.9 Å². The van der Waals surface area contributed by atoms with Gasteiger partial charge in [0.05, 0.1) is 19.3 Å². The zero-order chi connectivity index (χ0) is 17.0. The van der Waals surface area contributed by atoms with Crippen LogP contribution in [0, 0.1) is 5.92 Å². The molecule has 4 nitrogen and oxygen atoms in total. The Kier molecular flexibility index (Phi) is 7.08. The topological polar surface area (TPSA) is 44.8 Å². The first-order valence-electron chi connectivity index (χ1n) is 8.43. The van der Waals surface area contributed by atoms with Crippen molar-refractivity contribution in [1.29, 1.82) is 0 Å². The van der Waals surface area contributed by atoms with Crippen LogP contribution in [0.1, 0.15) is 53.4 Å². The first kappa shape index (κ1) is 19.7. The quantitative estimate of drug-likeness (QED) is 0.542. The molecule has 1 saturated heterocycles. The standard InChI is InChI=1S/C17H34O4Si/c1-13(12-16(18)19-5)11-15-14(9-8-10-20-15)21-22(6,7)17(2,3)4/h13-15H,8-12H2,1-7H3/t13-,14-,15+/m0/s1. The lowest BCUT2D eigenvalue weighted by Gasteiger charge is -2.43. The molecular formula is C17H34O4Si. The Hall–Kier alpha value is -0.393. The van der Waals surface area contributed by atoms with Crippen molar-refractivity contribution in [1.82, 2.24) is 0 Å². The van der Waals surface area contributed by atoms with Gasteiger partial charge in [-0.05, 0) is 43.3 Å². The van der Waals surface area contributed by atoms with E-state index in [9.17, 15) is 4.79 Å². The molecule has 1 fully saturated rings. The number of rotatable bonds is 6. The molecule has 0 radical (unpaired) electrons. The Balaban J connectivity index is 2.65. The van der Waals surface area contributed by atoms with Crippen LogP contribution < -0.4 is 0 Å². The van der Waals surface area contributed by atoms with E-state index in [1.807, 2.05) is 0 Å². The lowest BCUT2D eigenvalue weighted by Crippen LogP contribution is -2.49. The molecule has 0 spiro atoms. The van der Waals surface area contributed by atoms with Gasteiger partial charge in [0.1, 0.15) is 0 Å². The maximum Gasteiger partial charge on any atom is 0.305 e. The summed E-state index contributed by atoms with van der Waals surface area (Å²) in [6.07, 6.45) is 3.68. The maximum absolute atomic E-state index is 11.4. The van der Waals surface area contributed by atoms with Crippen molar-refractivity contribution in [3.05, 3.63) is 0 Å². The van der Waals surface area contributed by atoms with Gasteiger partial charge >= 0.3 is 5.97 Å². The lowest BCUT2D eigenvalue weighted by atomic mass is 9.94. The van der Waals surface area contributed by atoms with Crippen LogP contribution in [-0.4, -0.2) is 40.2 Å². The van der Waals surface area contributed by atoms with Gasteiger partial charge in [-0.2, -0.15) is 0 Å². The summed E-state index contributed by atoms with van der Waals surface area (Å²) in [5.41, 5.74) is 0. The molecule has 130 valence electrons. The van der Waals surface area contributed by atoms with Gasteiger partial charge < -0.3 is 13.9 Å². The SMILES string of the molecule is COC(=O)C[C@@H](C)C[C@H]1OCCC[C@@H]1O[Si](C)(C)C(C)(C)C. The van der Waals surface area contributed by atoms with Crippen LogP contribution in [0.5, 0.6) is 0 Å². The van der Waals surface area contributed by atoms with Crippen LogP contribution in [-0.2, 0) is 18.7 Å². The van der Waals surface area contributed by atoms with Gasteiger partial charge in [0.15, 0.2) is 8.32 Å². The van der Waals surface area contributed by atoms with Gasteiger partial charge in [0.25, 0.3) is 0 Å². The van der Waals surface area contributed by atoms with Gasteiger partial charge in [-0.1, -0.05) is 27.7 Å². The Morgan fingerprint density at radius 2 is 2.00 bits per heavy atom. The largest absolute Gasteiger partial charge is 0.469 e. The van der Waals surface area contributed by atoms with E-state index in [0.717, 1.165) is 25.9 Å². The summed E-state index contributed by atoms with van der Waals surface area (Å²) in [6.45, 7) is 14.2. The van der Waals surface area contributed by atoms with Crippen molar-refractivity contribution in [2.75, 3.05) is 13.7 Å². The monoisotopic (exact) mass is 330 g/mol. The fraction of sp³-hybridized carbons (Fsp3) is 0.941. The van der Waals surface area contributed by atoms with Gasteiger partial charge in [0.2, 0.25) is 0 Å². The molecule has 0 bridgehead atoms. The van der Waals surface area contributed by atoms with Crippen LogP contribution in [0.4, 0.5) is 0 Å². The second-order valence-electron chi connectivity index (χ2n) is 8.09. The zero-order valence-corrected chi connectivity index (χ0v) is 16.4. The molecule has 22 heavy (non-hydrogen) atoms. The molecular weight excluding hydrogens is 296 g/mol. The van der Waals surface area contributed by atoms with Crippen LogP contribution in [0.15, 0.2) is 0 Å². The molecule has 3 atom stereocenters. The highest BCUT2D eigenvalue weighted by Gasteiger charge is 2.41. The predicted octanol–water partition coefficient (Wildman–Crippen LogP) is 4.15. The van der Waals surface area contributed by atoms with Crippen molar-refractivity contribution in [2.24, 2.45) is 5.92 Å². The fourth-order valence-electron chi connectivity index (χ4n) is 2.57. The van der Waals surface area contributed by atoms with Crippen LogP contribution in [0.3, 0.4) is 0 Å². The smallest absolute Gasteiger partial charge is 0.305 e. The summed E-state index contributed by atoms with van der Waals surface area (Å²) in [6, 6.07) is 0. The zero-order valence-electron chi connectivity index (χ0n) is 15.4. The highest BCUT2D eigenvalue weighted by molar-refractivity contribution is 6.74. The van der Waals surface area contributed by atoms with Crippen molar-refractivity contribution < 1.29 is 18.7 Å². The summed E-state index contributed by atoms with van der Waals surface area (Å²) >= 11 is 0. The van der Waals surface area contributed by atoms with E-state index in [1.54, 1.807) is 0 Å². The van der Waals surface area contributed by atoms with Crippen LogP contribution in [0.25, 0.3) is 0 Å². The molecule has 0 N–H and O–H groups in total. The molecule has 5 heteroatoms. The van der Waals surface area contributed by atoms with E-state index in [2.05, 4.69) is 40.8 Å². The minimum Gasteiger partial charge on any atom is -0.469 e. The van der Waals surface area contributed by atoms with Crippen LogP contribution in [0.2, 0.25) is 18.1 Å². The molecule has 0 amide bonds. The molecule has 0 aromatic heterocycles. The molecule has 0 aliphatic carbocycles. The Bertz CT molecular complexity index is 362. The van der Waals surface area contributed by atoms with Gasteiger partial charge in [-0.25, -0.2) is 0 Å². The van der Waals surface area contributed by atoms with Gasteiger partial charge in [-0.15, -0.1) is 0 Å². The van der Waals surface area contributed by atoms with E-state index >= 15 is 0 Å². The van der Waals surface area contributed by atoms with Crippen molar-refractivity contribution in [3.8, 4) is 0 Å². The number of esters is 1. The van der Waals surface area contributed by atoms with Gasteiger partial charge in [0, 0.05) is 13.0 Å². The summed E-state index contributed by atoms with van der Waals surface area (Å²) in [5, 5.41) is 0.201. The number of hydrogen-bond acceptors (Lipinski definition) is 4. The molecule has 1 rings (SSSR count). The molecule has 0 saturated carbocycles. The average molecular weight is 331 g/mol. The number of ether oxygens (including phenoxy) is 2.